The quantitative estimate of drug-likeness (QED) is 0.456. The van der Waals surface area contributed by atoms with Gasteiger partial charge in [-0.15, -0.1) is 0 Å². The first-order chi connectivity index (χ1) is 13.4. The molecule has 28 heavy (non-hydrogen) atoms. The molecule has 9 nitrogen and oxygen atoms in total. The monoisotopic (exact) mass is 399 g/mol. The zero-order chi connectivity index (χ0) is 21.7. The van der Waals surface area contributed by atoms with Gasteiger partial charge in [0, 0.05) is 51.7 Å². The van der Waals surface area contributed by atoms with E-state index in [0.717, 1.165) is 38.9 Å². The fraction of sp³-hybridized carbons (Fsp3) is 0.684. The minimum Gasteiger partial charge on any atom is -0.402 e. The third-order valence-corrected chi connectivity index (χ3v) is 5.32. The lowest BCUT2D eigenvalue weighted by molar-refractivity contribution is -0.139. The molecule has 0 aliphatic carbocycles. The number of aliphatic hydroxyl groups excluding tert-OH is 1. The fourth-order valence-corrected chi connectivity index (χ4v) is 3.80. The molecular formula is C19H37N5O4. The summed E-state index contributed by atoms with van der Waals surface area (Å²) in [6, 6.07) is 0.114. The highest BCUT2D eigenvalue weighted by atomic mass is 16.5. The molecular weight excluding hydrogens is 362 g/mol. The first-order valence-corrected chi connectivity index (χ1v) is 9.33. The summed E-state index contributed by atoms with van der Waals surface area (Å²) in [5, 5.41) is 7.00. The van der Waals surface area contributed by atoms with Crippen LogP contribution in [0.1, 0.15) is 26.2 Å². The van der Waals surface area contributed by atoms with Crippen molar-refractivity contribution in [2.75, 3.05) is 47.0 Å². The van der Waals surface area contributed by atoms with Crippen molar-refractivity contribution < 1.29 is 19.4 Å². The lowest BCUT2D eigenvalue weighted by Crippen LogP contribution is -2.55. The standard InChI is InChI=1S/C17H31N5O2.CH4O.CH2O/c1-13(18)3-4-15(19)22-8-5-14(21(2)9-10-22)17(16(20)23)6-11-24-12-7-17;2*1-2/h3-4,14H,5-12,18-19H2,1-2H3,(H2,20,23);2H,1H3;1H2/b13-3-,15-4+;;. The van der Waals surface area contributed by atoms with E-state index < -0.39 is 5.41 Å². The molecule has 162 valence electrons. The fourth-order valence-electron chi connectivity index (χ4n) is 3.80. The first kappa shape index (κ1) is 25.9. The van der Waals surface area contributed by atoms with Crippen LogP contribution >= 0.6 is 0 Å². The van der Waals surface area contributed by atoms with Gasteiger partial charge in [0.25, 0.3) is 0 Å². The van der Waals surface area contributed by atoms with E-state index in [1.54, 1.807) is 0 Å². The molecule has 2 saturated heterocycles. The summed E-state index contributed by atoms with van der Waals surface area (Å²) in [6.07, 6.45) is 5.88. The second kappa shape index (κ2) is 13.1. The number of carbonyl (C=O) groups excluding carboxylic acids is 2. The lowest BCUT2D eigenvalue weighted by atomic mass is 9.71. The van der Waals surface area contributed by atoms with Gasteiger partial charge in [0.2, 0.25) is 5.91 Å². The van der Waals surface area contributed by atoms with Crippen molar-refractivity contribution in [1.29, 1.82) is 0 Å². The summed E-state index contributed by atoms with van der Waals surface area (Å²) < 4.78 is 5.46. The number of carbonyl (C=O) groups is 2. The van der Waals surface area contributed by atoms with Crippen molar-refractivity contribution in [3.8, 4) is 0 Å². The molecule has 2 fully saturated rings. The van der Waals surface area contributed by atoms with Crippen molar-refractivity contribution in [1.82, 2.24) is 9.80 Å². The smallest absolute Gasteiger partial charge is 0.225 e. The highest BCUT2D eigenvalue weighted by molar-refractivity contribution is 5.81. The molecule has 2 aliphatic heterocycles. The molecule has 1 unspecified atom stereocenters. The van der Waals surface area contributed by atoms with Gasteiger partial charge < -0.3 is 41.6 Å². The van der Waals surface area contributed by atoms with Crippen LogP contribution in [-0.4, -0.2) is 80.6 Å². The molecule has 0 radical (unpaired) electrons. The Balaban J connectivity index is 0.00000171. The Morgan fingerprint density at radius 3 is 2.18 bits per heavy atom. The van der Waals surface area contributed by atoms with Crippen LogP contribution in [0.15, 0.2) is 23.7 Å². The Bertz CT molecular complexity index is 528. The Hall–Kier alpha value is -2.10. The second-order valence-electron chi connectivity index (χ2n) is 6.91. The maximum Gasteiger partial charge on any atom is 0.225 e. The van der Waals surface area contributed by atoms with Crippen LogP contribution in [0.4, 0.5) is 0 Å². The Labute approximate surface area is 168 Å². The molecule has 0 bridgehead atoms. The number of amides is 1. The predicted octanol–water partition coefficient (Wildman–Crippen LogP) is -0.639. The number of nitrogens with two attached hydrogens (primary N) is 3. The summed E-state index contributed by atoms with van der Waals surface area (Å²) in [4.78, 5) is 24.7. The van der Waals surface area contributed by atoms with Crippen LogP contribution in [0, 0.1) is 5.41 Å². The largest absolute Gasteiger partial charge is 0.402 e. The first-order valence-electron chi connectivity index (χ1n) is 9.33. The summed E-state index contributed by atoms with van der Waals surface area (Å²) in [6.45, 7) is 7.47. The van der Waals surface area contributed by atoms with E-state index in [-0.39, 0.29) is 11.9 Å². The van der Waals surface area contributed by atoms with Crippen molar-refractivity contribution in [2.45, 2.75) is 32.2 Å². The van der Waals surface area contributed by atoms with Gasteiger partial charge >= 0.3 is 0 Å². The van der Waals surface area contributed by atoms with Gasteiger partial charge in [0.1, 0.15) is 6.79 Å². The van der Waals surface area contributed by atoms with Crippen LogP contribution < -0.4 is 17.2 Å². The maximum atomic E-state index is 12.3. The molecule has 1 atom stereocenters. The maximum absolute atomic E-state index is 12.3. The summed E-state index contributed by atoms with van der Waals surface area (Å²) in [5.41, 5.74) is 17.9. The van der Waals surface area contributed by atoms with Gasteiger partial charge in [-0.25, -0.2) is 0 Å². The summed E-state index contributed by atoms with van der Waals surface area (Å²) in [7, 11) is 3.07. The van der Waals surface area contributed by atoms with E-state index in [1.165, 1.54) is 0 Å². The number of ether oxygens (including phenoxy) is 1. The minimum absolute atomic E-state index is 0.114. The average Bonchev–Trinajstić information content (AvgIpc) is 2.91. The van der Waals surface area contributed by atoms with E-state index >= 15 is 0 Å². The van der Waals surface area contributed by atoms with E-state index in [2.05, 4.69) is 16.8 Å². The molecule has 0 saturated carbocycles. The molecule has 0 aromatic heterocycles. The van der Waals surface area contributed by atoms with E-state index in [4.69, 9.17) is 31.8 Å². The Kier molecular flexibility index (Phi) is 12.2. The topological polar surface area (TPSA) is 148 Å². The number of allylic oxidation sites excluding steroid dienone is 3. The molecule has 9 heteroatoms. The number of aliphatic hydroxyl groups is 1. The summed E-state index contributed by atoms with van der Waals surface area (Å²) >= 11 is 0. The SMILES string of the molecule is C/C(N)=C/C=C(\N)N1CCC(C2(C(N)=O)CCOCC2)N(C)CC1.C=O.CO. The number of hydrogen-bond acceptors (Lipinski definition) is 8. The van der Waals surface area contributed by atoms with Crippen molar-refractivity contribution >= 4 is 12.7 Å². The second-order valence-corrected chi connectivity index (χ2v) is 6.91. The van der Waals surface area contributed by atoms with Crippen LogP contribution in [0.25, 0.3) is 0 Å². The molecule has 2 aliphatic rings. The number of rotatable bonds is 4. The number of likely N-dealkylation sites (N-methyl/N-ethyl adjacent to an activating group) is 1. The van der Waals surface area contributed by atoms with Crippen LogP contribution in [0.5, 0.6) is 0 Å². The Morgan fingerprint density at radius 1 is 1.11 bits per heavy atom. The van der Waals surface area contributed by atoms with Gasteiger partial charge in [-0.05, 0) is 45.4 Å². The number of primary amides is 1. The molecule has 0 aromatic rings. The van der Waals surface area contributed by atoms with Crippen molar-refractivity contribution in [3.63, 3.8) is 0 Å². The average molecular weight is 400 g/mol. The molecule has 2 heterocycles. The third-order valence-electron chi connectivity index (χ3n) is 5.32. The molecule has 0 spiro atoms. The molecule has 0 aromatic carbocycles. The van der Waals surface area contributed by atoms with Crippen molar-refractivity contribution in [3.05, 3.63) is 23.7 Å². The highest BCUT2D eigenvalue weighted by Crippen LogP contribution is 2.38. The molecule has 2 rings (SSSR count). The number of hydrogen-bond donors (Lipinski definition) is 4. The zero-order valence-corrected chi connectivity index (χ0v) is 17.4. The van der Waals surface area contributed by atoms with Crippen LogP contribution in [0.3, 0.4) is 0 Å². The van der Waals surface area contributed by atoms with Gasteiger partial charge in [-0.3, -0.25) is 4.79 Å². The van der Waals surface area contributed by atoms with Gasteiger partial charge in [-0.2, -0.15) is 0 Å². The predicted molar refractivity (Wildman–Crippen MR) is 110 cm³/mol. The van der Waals surface area contributed by atoms with E-state index in [0.29, 0.717) is 31.9 Å². The van der Waals surface area contributed by atoms with Crippen LogP contribution in [-0.2, 0) is 14.3 Å². The molecule has 7 N–H and O–H groups in total. The van der Waals surface area contributed by atoms with E-state index in [1.807, 2.05) is 25.9 Å². The van der Waals surface area contributed by atoms with Gasteiger partial charge in [-0.1, -0.05) is 0 Å². The molecule has 1 amide bonds. The van der Waals surface area contributed by atoms with Gasteiger partial charge in [0.05, 0.1) is 11.2 Å². The lowest BCUT2D eigenvalue weighted by Gasteiger charge is -2.44. The Morgan fingerprint density at radius 2 is 1.68 bits per heavy atom. The normalized spacial score (nSPS) is 23.4. The zero-order valence-electron chi connectivity index (χ0n) is 17.4. The highest BCUT2D eigenvalue weighted by Gasteiger charge is 2.47. The van der Waals surface area contributed by atoms with E-state index in [9.17, 15) is 4.79 Å². The minimum atomic E-state index is -0.505. The van der Waals surface area contributed by atoms with Gasteiger partial charge in [0.15, 0.2) is 0 Å². The van der Waals surface area contributed by atoms with Crippen molar-refractivity contribution in [2.24, 2.45) is 22.6 Å². The summed E-state index contributed by atoms with van der Waals surface area (Å²) in [5.74, 6) is 0.496. The number of nitrogens with zero attached hydrogens (tertiary/aromatic N) is 2. The van der Waals surface area contributed by atoms with Crippen LogP contribution in [0.2, 0.25) is 0 Å². The third kappa shape index (κ3) is 6.81.